The number of ether oxygens (including phenoxy) is 1. The lowest BCUT2D eigenvalue weighted by atomic mass is 10.0. The summed E-state index contributed by atoms with van der Waals surface area (Å²) >= 11 is 0. The number of nitrogens with zero attached hydrogens (tertiary/aromatic N) is 2. The van der Waals surface area contributed by atoms with Crippen molar-refractivity contribution in [2.75, 3.05) is 13.2 Å². The summed E-state index contributed by atoms with van der Waals surface area (Å²) in [4.78, 5) is 0. The van der Waals surface area contributed by atoms with Gasteiger partial charge in [-0.05, 0) is 24.8 Å². The third kappa shape index (κ3) is 5.02. The number of halogens is 3. The average Bonchev–Trinajstić information content (AvgIpc) is 2.86. The number of rotatable bonds is 3. The van der Waals surface area contributed by atoms with Gasteiger partial charge in [0, 0.05) is 19.1 Å². The molecule has 3 nitrogen and oxygen atoms in total. The van der Waals surface area contributed by atoms with E-state index >= 15 is 0 Å². The van der Waals surface area contributed by atoms with E-state index in [0.717, 1.165) is 23.6 Å². The highest BCUT2D eigenvalue weighted by molar-refractivity contribution is 5.16. The van der Waals surface area contributed by atoms with Crippen LogP contribution >= 0.6 is 0 Å². The van der Waals surface area contributed by atoms with Crippen molar-refractivity contribution in [3.05, 3.63) is 17.5 Å². The maximum atomic E-state index is 13.0. The van der Waals surface area contributed by atoms with E-state index in [9.17, 15) is 13.2 Å². The van der Waals surface area contributed by atoms with Gasteiger partial charge in [0.15, 0.2) is 0 Å². The summed E-state index contributed by atoms with van der Waals surface area (Å²) in [6.07, 6.45) is -2.55. The van der Waals surface area contributed by atoms with E-state index < -0.39 is 11.9 Å². The fraction of sp³-hybridized carbons (Fsp3) is 0.800. The number of hydrogen-bond acceptors (Lipinski definition) is 2. The van der Waals surface area contributed by atoms with Crippen LogP contribution in [0.5, 0.6) is 0 Å². The summed E-state index contributed by atoms with van der Waals surface area (Å²) in [7, 11) is 0. The first-order chi connectivity index (χ1) is 9.88. The lowest BCUT2D eigenvalue weighted by molar-refractivity contribution is -0.144. The van der Waals surface area contributed by atoms with Crippen molar-refractivity contribution in [2.24, 2.45) is 5.92 Å². The molecule has 0 radical (unpaired) electrons. The maximum absolute atomic E-state index is 13.0. The van der Waals surface area contributed by atoms with Gasteiger partial charge in [0.2, 0.25) is 0 Å². The minimum absolute atomic E-state index is 0.00930. The Morgan fingerprint density at radius 2 is 2.05 bits per heavy atom. The van der Waals surface area contributed by atoms with Crippen LogP contribution in [0.2, 0.25) is 0 Å². The largest absolute Gasteiger partial charge is 0.433 e. The van der Waals surface area contributed by atoms with Gasteiger partial charge < -0.3 is 4.74 Å². The van der Waals surface area contributed by atoms with Crippen molar-refractivity contribution in [3.63, 3.8) is 0 Å². The second kappa shape index (κ2) is 7.82. The summed E-state index contributed by atoms with van der Waals surface area (Å²) in [5, 5.41) is 4.11. The molecule has 1 fully saturated rings. The summed E-state index contributed by atoms with van der Waals surface area (Å²) in [6, 6.07) is 1.16. The van der Waals surface area contributed by atoms with Gasteiger partial charge in [-0.1, -0.05) is 27.7 Å². The first-order valence-corrected chi connectivity index (χ1v) is 7.60. The number of alkyl halides is 3. The molecule has 0 aliphatic carbocycles. The van der Waals surface area contributed by atoms with Crippen LogP contribution in [-0.4, -0.2) is 23.0 Å². The molecular weight excluding hydrogens is 281 g/mol. The molecule has 1 aliphatic rings. The number of hydrogen-bond donors (Lipinski definition) is 0. The van der Waals surface area contributed by atoms with Crippen molar-refractivity contribution in [2.45, 2.75) is 59.2 Å². The topological polar surface area (TPSA) is 27.1 Å². The number of aromatic nitrogens is 2. The van der Waals surface area contributed by atoms with Crippen molar-refractivity contribution in [1.82, 2.24) is 9.78 Å². The minimum atomic E-state index is -4.35. The molecule has 1 unspecified atom stereocenters. The highest BCUT2D eigenvalue weighted by Gasteiger charge is 2.36. The predicted octanol–water partition coefficient (Wildman–Crippen LogP) is 4.48. The molecule has 6 heteroatoms. The zero-order valence-electron chi connectivity index (χ0n) is 13.2. The molecule has 0 N–H and O–H groups in total. The quantitative estimate of drug-likeness (QED) is 0.823. The second-order valence-corrected chi connectivity index (χ2v) is 5.37. The first-order valence-electron chi connectivity index (χ1n) is 7.60. The Bertz CT molecular complexity index is 421. The Balaban J connectivity index is 0.00000106. The predicted molar refractivity (Wildman–Crippen MR) is 76.2 cm³/mol. The molecule has 0 spiro atoms. The molecule has 0 saturated carbocycles. The van der Waals surface area contributed by atoms with E-state index in [1.54, 1.807) is 0 Å². The average molecular weight is 306 g/mol. The van der Waals surface area contributed by atoms with Gasteiger partial charge in [0.25, 0.3) is 0 Å². The normalized spacial score (nSPS) is 19.3. The van der Waals surface area contributed by atoms with Crippen molar-refractivity contribution in [1.29, 1.82) is 0 Å². The van der Waals surface area contributed by atoms with E-state index in [1.165, 1.54) is 0 Å². The zero-order valence-corrected chi connectivity index (χ0v) is 13.2. The molecular formula is C15H25F3N2O. The first kappa shape index (κ1) is 18.0. The molecule has 0 aromatic carbocycles. The Morgan fingerprint density at radius 1 is 1.38 bits per heavy atom. The smallest absolute Gasteiger partial charge is 0.381 e. The second-order valence-electron chi connectivity index (χ2n) is 5.37. The summed E-state index contributed by atoms with van der Waals surface area (Å²) in [6.45, 7) is 9.20. The molecule has 2 rings (SSSR count). The SMILES string of the molecule is CC.CC(C)c1cc(C(F)(F)F)n(CC2CCCOC2)n1. The van der Waals surface area contributed by atoms with Gasteiger partial charge in [-0.2, -0.15) is 18.3 Å². The lowest BCUT2D eigenvalue weighted by Crippen LogP contribution is -2.25. The molecule has 1 aromatic heterocycles. The zero-order chi connectivity index (χ0) is 16.0. The van der Waals surface area contributed by atoms with Crippen LogP contribution in [0.3, 0.4) is 0 Å². The fourth-order valence-corrected chi connectivity index (χ4v) is 2.28. The minimum Gasteiger partial charge on any atom is -0.381 e. The van der Waals surface area contributed by atoms with Crippen molar-refractivity contribution >= 4 is 0 Å². The molecule has 0 amide bonds. The summed E-state index contributed by atoms with van der Waals surface area (Å²) in [5.41, 5.74) is -0.161. The fourth-order valence-electron chi connectivity index (χ4n) is 2.28. The van der Waals surface area contributed by atoms with Crippen molar-refractivity contribution in [3.8, 4) is 0 Å². The third-order valence-corrected chi connectivity index (χ3v) is 3.37. The Hall–Kier alpha value is -1.04. The highest BCUT2D eigenvalue weighted by Crippen LogP contribution is 2.32. The van der Waals surface area contributed by atoms with Crippen LogP contribution in [0.25, 0.3) is 0 Å². The van der Waals surface area contributed by atoms with Gasteiger partial charge in [0.1, 0.15) is 5.69 Å². The van der Waals surface area contributed by atoms with Crippen LogP contribution in [0.1, 0.15) is 57.8 Å². The lowest BCUT2D eigenvalue weighted by Gasteiger charge is -2.23. The molecule has 0 bridgehead atoms. The highest BCUT2D eigenvalue weighted by atomic mass is 19.4. The van der Waals surface area contributed by atoms with Gasteiger partial charge in [-0.15, -0.1) is 0 Å². The maximum Gasteiger partial charge on any atom is 0.433 e. The van der Waals surface area contributed by atoms with Gasteiger partial charge in [0.05, 0.1) is 12.3 Å². The summed E-state index contributed by atoms with van der Waals surface area (Å²) < 4.78 is 45.4. The van der Waals surface area contributed by atoms with Gasteiger partial charge in [-0.3, -0.25) is 4.68 Å². The molecule has 1 saturated heterocycles. The monoisotopic (exact) mass is 306 g/mol. The summed E-state index contributed by atoms with van der Waals surface area (Å²) in [5.74, 6) is 0.111. The Morgan fingerprint density at radius 3 is 2.52 bits per heavy atom. The molecule has 1 atom stereocenters. The van der Waals surface area contributed by atoms with E-state index in [4.69, 9.17) is 4.74 Å². The standard InChI is InChI=1S/C13H19F3N2O.C2H6/c1-9(2)11-6-12(13(14,15)16)18(17-11)7-10-4-3-5-19-8-10;1-2/h6,9-10H,3-5,7-8H2,1-2H3;1-2H3. The Labute approximate surface area is 124 Å². The van der Waals surface area contributed by atoms with Crippen LogP contribution in [0.4, 0.5) is 13.2 Å². The van der Waals surface area contributed by atoms with Crippen LogP contribution in [0.15, 0.2) is 6.07 Å². The molecule has 122 valence electrons. The third-order valence-electron chi connectivity index (χ3n) is 3.37. The van der Waals surface area contributed by atoms with Gasteiger partial charge in [-0.25, -0.2) is 0 Å². The van der Waals surface area contributed by atoms with Crippen LogP contribution in [0, 0.1) is 5.92 Å². The van der Waals surface area contributed by atoms with E-state index in [-0.39, 0.29) is 18.4 Å². The van der Waals surface area contributed by atoms with Crippen LogP contribution in [-0.2, 0) is 17.5 Å². The Kier molecular flexibility index (Phi) is 6.71. The van der Waals surface area contributed by atoms with E-state index in [0.29, 0.717) is 18.9 Å². The van der Waals surface area contributed by atoms with E-state index in [1.807, 2.05) is 27.7 Å². The van der Waals surface area contributed by atoms with Gasteiger partial charge >= 0.3 is 6.18 Å². The van der Waals surface area contributed by atoms with Crippen molar-refractivity contribution < 1.29 is 17.9 Å². The molecule has 2 heterocycles. The molecule has 1 aromatic rings. The van der Waals surface area contributed by atoms with Crippen LogP contribution < -0.4 is 0 Å². The van der Waals surface area contributed by atoms with E-state index in [2.05, 4.69) is 5.10 Å². The molecule has 21 heavy (non-hydrogen) atoms. The molecule has 1 aliphatic heterocycles.